The van der Waals surface area contributed by atoms with Gasteiger partial charge < -0.3 is 9.47 Å². The van der Waals surface area contributed by atoms with Crippen LogP contribution in [0.25, 0.3) is 11.1 Å². The summed E-state index contributed by atoms with van der Waals surface area (Å²) in [7, 11) is 0. The molecule has 3 heterocycles. The monoisotopic (exact) mass is 563 g/mol. The highest BCUT2D eigenvalue weighted by molar-refractivity contribution is 7.15. The van der Waals surface area contributed by atoms with Crippen LogP contribution in [0.5, 0.6) is 5.75 Å². The molecule has 198 valence electrons. The molecule has 1 fully saturated rings. The van der Waals surface area contributed by atoms with Crippen molar-refractivity contribution in [2.45, 2.75) is 0 Å². The number of benzene rings is 2. The summed E-state index contributed by atoms with van der Waals surface area (Å²) in [6, 6.07) is 13.2. The van der Waals surface area contributed by atoms with E-state index in [0.717, 1.165) is 30.0 Å². The van der Waals surface area contributed by atoms with Gasteiger partial charge in [-0.1, -0.05) is 34.9 Å². The first-order chi connectivity index (χ1) is 19.1. The summed E-state index contributed by atoms with van der Waals surface area (Å²) >= 11 is 7.03. The van der Waals surface area contributed by atoms with Gasteiger partial charge in [0.15, 0.2) is 5.01 Å². The molecule has 1 aliphatic rings. The molecule has 39 heavy (non-hydrogen) atoms. The van der Waals surface area contributed by atoms with Crippen molar-refractivity contribution in [1.29, 1.82) is 0 Å². The van der Waals surface area contributed by atoms with E-state index >= 15 is 4.39 Å². The fourth-order valence-electron chi connectivity index (χ4n) is 3.93. The van der Waals surface area contributed by atoms with Crippen molar-refractivity contribution in [3.05, 3.63) is 87.9 Å². The van der Waals surface area contributed by atoms with Crippen molar-refractivity contribution in [3.8, 4) is 28.7 Å². The Morgan fingerprint density at radius 1 is 1.13 bits per heavy atom. The molecule has 1 N–H and O–H groups in total. The number of morpholine rings is 1. The standard InChI is InChI=1S/C28H23ClFN5O3S/c29-20-7-4-19(5-8-20)6-9-25-33-34-28(39-25)32-27(36)21-10-11-31-18-22(21)26-23(30)2-1-3-24(26)38-17-14-35-12-15-37-16-13-35/h1-5,7-8,10-11,18H,12-17H2,(H,32,34,36). The molecule has 0 atom stereocenters. The van der Waals surface area contributed by atoms with Gasteiger partial charge >= 0.3 is 0 Å². The summed E-state index contributed by atoms with van der Waals surface area (Å²) in [4.78, 5) is 19.6. The molecule has 2 aromatic carbocycles. The van der Waals surface area contributed by atoms with Gasteiger partial charge in [-0.2, -0.15) is 0 Å². The fourth-order valence-corrected chi connectivity index (χ4v) is 4.65. The zero-order valence-corrected chi connectivity index (χ0v) is 22.3. The second-order valence-corrected chi connectivity index (χ2v) is 9.87. The minimum atomic E-state index is -0.517. The number of aromatic nitrogens is 3. The zero-order valence-electron chi connectivity index (χ0n) is 20.7. The van der Waals surface area contributed by atoms with Crippen LogP contribution < -0.4 is 10.1 Å². The number of nitrogens with zero attached hydrogens (tertiary/aromatic N) is 4. The van der Waals surface area contributed by atoms with E-state index in [4.69, 9.17) is 21.1 Å². The quantitative estimate of drug-likeness (QED) is 0.324. The number of carbonyl (C=O) groups is 1. The van der Waals surface area contributed by atoms with Gasteiger partial charge in [-0.3, -0.25) is 20.0 Å². The number of carbonyl (C=O) groups excluding carboxylic acids is 1. The second-order valence-electron chi connectivity index (χ2n) is 8.46. The number of rotatable bonds is 7. The first-order valence-corrected chi connectivity index (χ1v) is 13.3. The maximum atomic E-state index is 15.1. The Morgan fingerprint density at radius 3 is 2.77 bits per heavy atom. The number of hydrogen-bond acceptors (Lipinski definition) is 8. The first-order valence-electron chi connectivity index (χ1n) is 12.1. The highest BCUT2D eigenvalue weighted by atomic mass is 35.5. The summed E-state index contributed by atoms with van der Waals surface area (Å²) in [5, 5.41) is 12.1. The van der Waals surface area contributed by atoms with Gasteiger partial charge in [-0.25, -0.2) is 4.39 Å². The summed E-state index contributed by atoms with van der Waals surface area (Å²) in [6.07, 6.45) is 2.92. The molecule has 4 aromatic rings. The lowest BCUT2D eigenvalue weighted by atomic mass is 10.00. The van der Waals surface area contributed by atoms with Gasteiger partial charge in [0, 0.05) is 48.2 Å². The van der Waals surface area contributed by atoms with Crippen molar-refractivity contribution in [2.24, 2.45) is 0 Å². The Balaban J connectivity index is 1.32. The summed E-state index contributed by atoms with van der Waals surface area (Å²) in [5.41, 5.74) is 1.47. The maximum absolute atomic E-state index is 15.1. The van der Waals surface area contributed by atoms with E-state index in [9.17, 15) is 4.79 Å². The third kappa shape index (κ3) is 6.96. The highest BCUT2D eigenvalue weighted by Gasteiger charge is 2.21. The number of ether oxygens (including phenoxy) is 2. The molecule has 0 spiro atoms. The Morgan fingerprint density at radius 2 is 1.95 bits per heavy atom. The number of pyridine rings is 1. The van der Waals surface area contributed by atoms with Crippen LogP contribution in [0.4, 0.5) is 9.52 Å². The van der Waals surface area contributed by atoms with Crippen LogP contribution in [-0.4, -0.2) is 65.4 Å². The number of anilines is 1. The maximum Gasteiger partial charge on any atom is 0.258 e. The molecular formula is C28H23ClFN5O3S. The highest BCUT2D eigenvalue weighted by Crippen LogP contribution is 2.35. The topological polar surface area (TPSA) is 89.5 Å². The van der Waals surface area contributed by atoms with Crippen molar-refractivity contribution in [3.63, 3.8) is 0 Å². The second kappa shape index (κ2) is 12.8. The van der Waals surface area contributed by atoms with Crippen molar-refractivity contribution >= 4 is 34.0 Å². The summed E-state index contributed by atoms with van der Waals surface area (Å²) in [6.45, 7) is 4.07. The summed E-state index contributed by atoms with van der Waals surface area (Å²) in [5.74, 6) is 5.24. The molecule has 11 heteroatoms. The molecule has 5 rings (SSSR count). The van der Waals surface area contributed by atoms with Crippen LogP contribution in [0.2, 0.25) is 5.02 Å². The van der Waals surface area contributed by atoms with E-state index in [0.29, 0.717) is 47.7 Å². The average Bonchev–Trinajstić information content (AvgIpc) is 3.40. The first kappa shape index (κ1) is 26.7. The molecule has 0 aliphatic carbocycles. The van der Waals surface area contributed by atoms with Gasteiger partial charge in [-0.15, -0.1) is 10.2 Å². The van der Waals surface area contributed by atoms with E-state index in [1.54, 1.807) is 36.4 Å². The van der Waals surface area contributed by atoms with E-state index in [-0.39, 0.29) is 16.3 Å². The SMILES string of the molecule is O=C(Nc1nnc(C#Cc2ccc(Cl)cc2)s1)c1ccncc1-c1c(F)cccc1OCCN1CCOCC1. The van der Waals surface area contributed by atoms with Gasteiger partial charge in [0.05, 0.1) is 24.3 Å². The normalized spacial score (nSPS) is 13.4. The van der Waals surface area contributed by atoms with Gasteiger partial charge in [-0.05, 0) is 48.4 Å². The smallest absolute Gasteiger partial charge is 0.258 e. The van der Waals surface area contributed by atoms with E-state index in [1.807, 2.05) is 0 Å². The van der Waals surface area contributed by atoms with E-state index in [1.165, 1.54) is 24.5 Å². The number of amides is 1. The van der Waals surface area contributed by atoms with Crippen LogP contribution in [0, 0.1) is 17.7 Å². The van der Waals surface area contributed by atoms with Crippen LogP contribution >= 0.6 is 22.9 Å². The molecule has 2 aromatic heterocycles. The van der Waals surface area contributed by atoms with Crippen molar-refractivity contribution in [2.75, 3.05) is 44.8 Å². The van der Waals surface area contributed by atoms with E-state index < -0.39 is 11.7 Å². The largest absolute Gasteiger partial charge is 0.491 e. The fraction of sp³-hybridized carbons (Fsp3) is 0.214. The molecule has 0 saturated carbocycles. The molecule has 0 unspecified atom stereocenters. The predicted octanol–water partition coefficient (Wildman–Crippen LogP) is 4.76. The average molecular weight is 564 g/mol. The van der Waals surface area contributed by atoms with Crippen LogP contribution in [0.15, 0.2) is 60.9 Å². The Labute approximate surface area is 233 Å². The minimum absolute atomic E-state index is 0.171. The third-order valence-electron chi connectivity index (χ3n) is 5.88. The minimum Gasteiger partial charge on any atom is -0.491 e. The van der Waals surface area contributed by atoms with E-state index in [2.05, 4.69) is 37.2 Å². The lowest BCUT2D eigenvalue weighted by Gasteiger charge is -2.26. The molecule has 1 amide bonds. The molecule has 0 bridgehead atoms. The Kier molecular flexibility index (Phi) is 8.75. The molecule has 1 saturated heterocycles. The molecule has 0 radical (unpaired) electrons. The Hall–Kier alpha value is -3.88. The lowest BCUT2D eigenvalue weighted by Crippen LogP contribution is -2.38. The number of halogens is 2. The zero-order chi connectivity index (χ0) is 27.0. The molecule has 1 aliphatic heterocycles. The van der Waals surface area contributed by atoms with Gasteiger partial charge in [0.25, 0.3) is 5.91 Å². The summed E-state index contributed by atoms with van der Waals surface area (Å²) < 4.78 is 26.5. The number of hydrogen-bond donors (Lipinski definition) is 1. The third-order valence-corrected chi connectivity index (χ3v) is 6.89. The van der Waals surface area contributed by atoms with Crippen LogP contribution in [0.3, 0.4) is 0 Å². The molecular weight excluding hydrogens is 541 g/mol. The van der Waals surface area contributed by atoms with Crippen molar-refractivity contribution < 1.29 is 18.7 Å². The van der Waals surface area contributed by atoms with Crippen molar-refractivity contribution in [1.82, 2.24) is 20.1 Å². The van der Waals surface area contributed by atoms with Crippen LogP contribution in [0.1, 0.15) is 20.9 Å². The number of nitrogens with one attached hydrogen (secondary N) is 1. The van der Waals surface area contributed by atoms with Gasteiger partial charge in [0.1, 0.15) is 18.2 Å². The predicted molar refractivity (Wildman–Crippen MR) is 148 cm³/mol. The lowest BCUT2D eigenvalue weighted by molar-refractivity contribution is 0.0323. The van der Waals surface area contributed by atoms with Crippen LogP contribution in [-0.2, 0) is 4.74 Å². The van der Waals surface area contributed by atoms with Gasteiger partial charge in [0.2, 0.25) is 5.13 Å². The Bertz CT molecular complexity index is 1510. The molecule has 8 nitrogen and oxygen atoms in total.